The van der Waals surface area contributed by atoms with Crippen molar-refractivity contribution in [3.05, 3.63) is 47.5 Å². The van der Waals surface area contributed by atoms with Gasteiger partial charge in [-0.1, -0.05) is 38.5 Å². The Balaban J connectivity index is 2.44. The molecule has 2 heteroatoms. The normalized spacial score (nSPS) is 12.4. The fourth-order valence-electron chi connectivity index (χ4n) is 2.63. The molecule has 19 heavy (non-hydrogen) atoms. The van der Waals surface area contributed by atoms with Gasteiger partial charge in [0.1, 0.15) is 0 Å². The molecular formula is C17H20N2. The van der Waals surface area contributed by atoms with Crippen molar-refractivity contribution in [2.24, 2.45) is 0 Å². The number of aryl methyl sites for hydroxylation is 1. The van der Waals surface area contributed by atoms with Gasteiger partial charge in [0, 0.05) is 10.8 Å². The van der Waals surface area contributed by atoms with Gasteiger partial charge in [-0.25, -0.2) is 0 Å². The van der Waals surface area contributed by atoms with Crippen molar-refractivity contribution in [2.75, 3.05) is 5.84 Å². The van der Waals surface area contributed by atoms with Crippen LogP contribution in [0.1, 0.15) is 31.9 Å². The maximum absolute atomic E-state index is 6.20. The molecule has 0 unspecified atom stereocenters. The number of fused-ring (bicyclic) bond motifs is 3. The van der Waals surface area contributed by atoms with Crippen LogP contribution in [-0.4, -0.2) is 4.68 Å². The fraction of sp³-hybridized carbons (Fsp3) is 0.294. The largest absolute Gasteiger partial charge is 0.339 e. The lowest BCUT2D eigenvalue weighted by Gasteiger charge is -2.19. The zero-order chi connectivity index (χ0) is 13.8. The van der Waals surface area contributed by atoms with Crippen LogP contribution in [0.3, 0.4) is 0 Å². The highest BCUT2D eigenvalue weighted by molar-refractivity contribution is 6.08. The Morgan fingerprint density at radius 3 is 2.11 bits per heavy atom. The minimum Gasteiger partial charge on any atom is -0.339 e. The van der Waals surface area contributed by atoms with Gasteiger partial charge >= 0.3 is 0 Å². The topological polar surface area (TPSA) is 30.9 Å². The van der Waals surface area contributed by atoms with E-state index in [9.17, 15) is 0 Å². The van der Waals surface area contributed by atoms with Crippen LogP contribution in [0.4, 0.5) is 0 Å². The molecule has 2 nitrogen and oxygen atoms in total. The van der Waals surface area contributed by atoms with E-state index in [1.54, 1.807) is 4.68 Å². The molecule has 3 rings (SSSR count). The van der Waals surface area contributed by atoms with E-state index in [1.807, 2.05) is 0 Å². The molecule has 2 aromatic carbocycles. The maximum Gasteiger partial charge on any atom is 0.0703 e. The van der Waals surface area contributed by atoms with E-state index in [0.29, 0.717) is 0 Å². The van der Waals surface area contributed by atoms with Gasteiger partial charge in [0.25, 0.3) is 0 Å². The van der Waals surface area contributed by atoms with Crippen LogP contribution in [-0.2, 0) is 5.41 Å². The first-order valence-corrected chi connectivity index (χ1v) is 6.68. The van der Waals surface area contributed by atoms with Gasteiger partial charge in [-0.15, -0.1) is 0 Å². The summed E-state index contributed by atoms with van der Waals surface area (Å²) in [6.07, 6.45) is 0. The summed E-state index contributed by atoms with van der Waals surface area (Å²) in [6.45, 7) is 8.83. The SMILES string of the molecule is Cc1ccc2c(c1)c1cc(C(C)(C)C)ccc1n2N. The first-order chi connectivity index (χ1) is 8.88. The summed E-state index contributed by atoms with van der Waals surface area (Å²) in [5.74, 6) is 6.20. The summed E-state index contributed by atoms with van der Waals surface area (Å²) < 4.78 is 1.79. The van der Waals surface area contributed by atoms with E-state index in [0.717, 1.165) is 11.0 Å². The van der Waals surface area contributed by atoms with Crippen LogP contribution in [0, 0.1) is 6.92 Å². The van der Waals surface area contributed by atoms with Crippen LogP contribution in [0.2, 0.25) is 0 Å². The molecule has 0 aliphatic rings. The second-order valence-corrected chi connectivity index (χ2v) is 6.37. The van der Waals surface area contributed by atoms with Crippen LogP contribution < -0.4 is 5.84 Å². The molecule has 0 radical (unpaired) electrons. The predicted octanol–water partition coefficient (Wildman–Crippen LogP) is 4.11. The average molecular weight is 252 g/mol. The third-order valence-electron chi connectivity index (χ3n) is 3.82. The van der Waals surface area contributed by atoms with Crippen LogP contribution in [0.25, 0.3) is 21.8 Å². The highest BCUT2D eigenvalue weighted by atomic mass is 15.3. The number of aromatic nitrogens is 1. The highest BCUT2D eigenvalue weighted by Gasteiger charge is 2.16. The van der Waals surface area contributed by atoms with Crippen molar-refractivity contribution in [3.63, 3.8) is 0 Å². The van der Waals surface area contributed by atoms with Crippen molar-refractivity contribution in [1.82, 2.24) is 4.68 Å². The molecule has 0 bridgehead atoms. The number of rotatable bonds is 0. The minimum atomic E-state index is 0.154. The van der Waals surface area contributed by atoms with Crippen molar-refractivity contribution >= 4 is 21.8 Å². The number of nitrogens with two attached hydrogens (primary N) is 1. The Morgan fingerprint density at radius 2 is 1.47 bits per heavy atom. The first kappa shape index (κ1) is 12.1. The Kier molecular flexibility index (Phi) is 2.40. The van der Waals surface area contributed by atoms with Crippen LogP contribution in [0.5, 0.6) is 0 Å². The fourth-order valence-corrected chi connectivity index (χ4v) is 2.63. The highest BCUT2D eigenvalue weighted by Crippen LogP contribution is 2.32. The molecule has 0 aliphatic carbocycles. The van der Waals surface area contributed by atoms with Gasteiger partial charge in [0.2, 0.25) is 0 Å². The summed E-state index contributed by atoms with van der Waals surface area (Å²) in [7, 11) is 0. The van der Waals surface area contributed by atoms with Gasteiger partial charge in [-0.2, -0.15) is 0 Å². The van der Waals surface area contributed by atoms with E-state index < -0.39 is 0 Å². The number of hydrogen-bond acceptors (Lipinski definition) is 1. The molecule has 0 fully saturated rings. The van der Waals surface area contributed by atoms with Crippen molar-refractivity contribution in [3.8, 4) is 0 Å². The molecule has 3 aromatic rings. The Morgan fingerprint density at radius 1 is 0.895 bits per heavy atom. The molecular weight excluding hydrogens is 232 g/mol. The van der Waals surface area contributed by atoms with Crippen LogP contribution in [0.15, 0.2) is 36.4 Å². The number of benzene rings is 2. The Hall–Kier alpha value is -1.96. The predicted molar refractivity (Wildman–Crippen MR) is 83.0 cm³/mol. The maximum atomic E-state index is 6.20. The van der Waals surface area contributed by atoms with Crippen molar-refractivity contribution in [2.45, 2.75) is 33.1 Å². The molecule has 0 amide bonds. The number of nitrogens with zero attached hydrogens (tertiary/aromatic N) is 1. The smallest absolute Gasteiger partial charge is 0.0703 e. The summed E-state index contributed by atoms with van der Waals surface area (Å²) in [5.41, 5.74) is 4.94. The van der Waals surface area contributed by atoms with Gasteiger partial charge in [-0.3, -0.25) is 4.68 Å². The second kappa shape index (κ2) is 3.77. The van der Waals surface area contributed by atoms with Crippen molar-refractivity contribution in [1.29, 1.82) is 0 Å². The van der Waals surface area contributed by atoms with Gasteiger partial charge in [0.15, 0.2) is 0 Å². The van der Waals surface area contributed by atoms with Gasteiger partial charge < -0.3 is 5.84 Å². The molecule has 0 saturated carbocycles. The molecule has 0 spiro atoms. The quantitative estimate of drug-likeness (QED) is 0.600. The summed E-state index contributed by atoms with van der Waals surface area (Å²) in [6, 6.07) is 13.0. The molecule has 0 aliphatic heterocycles. The zero-order valence-corrected chi connectivity index (χ0v) is 12.0. The molecule has 1 heterocycles. The number of nitrogen functional groups attached to an aromatic ring is 1. The summed E-state index contributed by atoms with van der Waals surface area (Å²) in [4.78, 5) is 0. The first-order valence-electron chi connectivity index (χ1n) is 6.68. The minimum absolute atomic E-state index is 0.154. The lowest BCUT2D eigenvalue weighted by Crippen LogP contribution is -2.11. The zero-order valence-electron chi connectivity index (χ0n) is 12.0. The molecule has 98 valence electrons. The third kappa shape index (κ3) is 1.79. The van der Waals surface area contributed by atoms with Gasteiger partial charge in [0.05, 0.1) is 11.0 Å². The Bertz CT molecular complexity index is 773. The lowest BCUT2D eigenvalue weighted by molar-refractivity contribution is 0.591. The molecule has 0 saturated heterocycles. The van der Waals surface area contributed by atoms with Crippen molar-refractivity contribution < 1.29 is 0 Å². The molecule has 2 N–H and O–H groups in total. The molecule has 1 aromatic heterocycles. The standard InChI is InChI=1S/C17H20N2/c1-11-5-7-15-13(9-11)14-10-12(17(2,3)4)6-8-16(14)19(15)18/h5-10H,18H2,1-4H3. The third-order valence-corrected chi connectivity index (χ3v) is 3.82. The van der Waals surface area contributed by atoms with Gasteiger partial charge in [-0.05, 0) is 42.2 Å². The van der Waals surface area contributed by atoms with Crippen LogP contribution >= 0.6 is 0 Å². The Labute approximate surface area is 113 Å². The van der Waals surface area contributed by atoms with E-state index in [4.69, 9.17) is 5.84 Å². The van der Waals surface area contributed by atoms with E-state index in [-0.39, 0.29) is 5.41 Å². The van der Waals surface area contributed by atoms with E-state index in [1.165, 1.54) is 21.9 Å². The summed E-state index contributed by atoms with van der Waals surface area (Å²) >= 11 is 0. The second-order valence-electron chi connectivity index (χ2n) is 6.37. The summed E-state index contributed by atoms with van der Waals surface area (Å²) in [5, 5.41) is 2.48. The average Bonchev–Trinajstić information content (AvgIpc) is 2.61. The van der Waals surface area contributed by atoms with E-state index in [2.05, 4.69) is 64.1 Å². The molecule has 0 atom stereocenters. The number of hydrogen-bond donors (Lipinski definition) is 1. The van der Waals surface area contributed by atoms with E-state index >= 15 is 0 Å². The monoisotopic (exact) mass is 252 g/mol. The lowest BCUT2D eigenvalue weighted by atomic mass is 9.86.